The molecule has 1 aromatic carbocycles. The molecule has 0 spiro atoms. The van der Waals surface area contributed by atoms with E-state index in [4.69, 9.17) is 0 Å². The lowest BCUT2D eigenvalue weighted by atomic mass is 9.94. The number of hydrogen-bond donors (Lipinski definition) is 1. The number of carbonyl (C=O) groups is 2. The van der Waals surface area contributed by atoms with E-state index in [1.54, 1.807) is 4.90 Å². The Labute approximate surface area is 192 Å². The highest BCUT2D eigenvalue weighted by Crippen LogP contribution is 2.34. The molecule has 1 fully saturated rings. The van der Waals surface area contributed by atoms with E-state index in [2.05, 4.69) is 21.4 Å². The summed E-state index contributed by atoms with van der Waals surface area (Å²) in [5.74, 6) is -0.504. The fraction of sp³-hybridized carbons (Fsp3) is 0.360. The van der Waals surface area contributed by atoms with Gasteiger partial charge in [-0.25, -0.2) is 4.98 Å². The van der Waals surface area contributed by atoms with Crippen LogP contribution in [0.1, 0.15) is 65.3 Å². The molecule has 0 saturated heterocycles. The van der Waals surface area contributed by atoms with Crippen LogP contribution in [0.25, 0.3) is 0 Å². The average Bonchev–Trinajstić information content (AvgIpc) is 3.32. The van der Waals surface area contributed by atoms with Crippen molar-refractivity contribution in [2.24, 2.45) is 0 Å². The second-order valence-electron chi connectivity index (χ2n) is 8.38. The van der Waals surface area contributed by atoms with Crippen LogP contribution in [0.15, 0.2) is 54.3 Å². The third kappa shape index (κ3) is 5.05. The molecule has 0 aliphatic heterocycles. The van der Waals surface area contributed by atoms with Crippen molar-refractivity contribution < 1.29 is 9.59 Å². The van der Waals surface area contributed by atoms with Crippen molar-refractivity contribution in [1.29, 1.82) is 0 Å². The molecule has 1 saturated carbocycles. The Kier molecular flexibility index (Phi) is 6.95. The summed E-state index contributed by atoms with van der Waals surface area (Å²) >= 11 is 1.43. The summed E-state index contributed by atoms with van der Waals surface area (Å²) in [6, 6.07) is 9.13. The highest BCUT2D eigenvalue weighted by Gasteiger charge is 2.36. The van der Waals surface area contributed by atoms with Gasteiger partial charge in [0.25, 0.3) is 5.91 Å². The molecule has 1 N–H and O–H groups in total. The molecular formula is C25H28N4O2S. The third-order valence-electron chi connectivity index (χ3n) is 5.76. The summed E-state index contributed by atoms with van der Waals surface area (Å²) in [4.78, 5) is 37.3. The van der Waals surface area contributed by atoms with Crippen molar-refractivity contribution in [3.63, 3.8) is 0 Å². The monoisotopic (exact) mass is 448 g/mol. The smallest absolute Gasteiger partial charge is 0.280 e. The van der Waals surface area contributed by atoms with Crippen LogP contribution in [0.4, 0.5) is 5.00 Å². The Morgan fingerprint density at radius 1 is 1.09 bits per heavy atom. The van der Waals surface area contributed by atoms with Gasteiger partial charge in [0.15, 0.2) is 0 Å². The largest absolute Gasteiger partial charge is 0.351 e. The van der Waals surface area contributed by atoms with Crippen LogP contribution in [0.2, 0.25) is 0 Å². The molecule has 0 radical (unpaired) electrons. The molecule has 2 amide bonds. The number of aryl methyl sites for hydroxylation is 2. The summed E-state index contributed by atoms with van der Waals surface area (Å²) in [5, 5.41) is 5.85. The maximum absolute atomic E-state index is 13.8. The number of thiophene rings is 1. The zero-order valence-electron chi connectivity index (χ0n) is 18.5. The van der Waals surface area contributed by atoms with Crippen molar-refractivity contribution in [3.05, 3.63) is 76.7 Å². The summed E-state index contributed by atoms with van der Waals surface area (Å²) < 4.78 is 0. The van der Waals surface area contributed by atoms with Gasteiger partial charge in [-0.1, -0.05) is 48.6 Å². The highest BCUT2D eigenvalue weighted by molar-refractivity contribution is 7.14. The Hall–Kier alpha value is -3.06. The van der Waals surface area contributed by atoms with Crippen LogP contribution in [0, 0.1) is 13.8 Å². The summed E-state index contributed by atoms with van der Waals surface area (Å²) in [7, 11) is 0. The lowest BCUT2D eigenvalue weighted by Crippen LogP contribution is -2.47. The van der Waals surface area contributed by atoms with Crippen LogP contribution in [0.3, 0.4) is 0 Å². The fourth-order valence-corrected chi connectivity index (χ4v) is 5.15. The first kappa shape index (κ1) is 22.1. The number of rotatable bonds is 6. The van der Waals surface area contributed by atoms with E-state index in [1.807, 2.05) is 43.5 Å². The van der Waals surface area contributed by atoms with Gasteiger partial charge in [-0.15, -0.1) is 11.3 Å². The Morgan fingerprint density at radius 3 is 2.47 bits per heavy atom. The number of carbonyl (C=O) groups excluding carboxylic acids is 2. The maximum atomic E-state index is 13.8. The second kappa shape index (κ2) is 10.0. The molecule has 4 rings (SSSR count). The SMILES string of the molecule is Cc1cc(C)cc([C@@H](C(=O)NC2CCCCC2)N(C(=O)c2cnccn2)c2cccs2)c1. The molecule has 7 heteroatoms. The van der Waals surface area contributed by atoms with E-state index in [-0.39, 0.29) is 23.6 Å². The topological polar surface area (TPSA) is 75.2 Å². The zero-order chi connectivity index (χ0) is 22.5. The number of amides is 2. The highest BCUT2D eigenvalue weighted by atomic mass is 32.1. The van der Waals surface area contributed by atoms with Gasteiger partial charge in [0.1, 0.15) is 11.7 Å². The van der Waals surface area contributed by atoms with Gasteiger partial charge in [0.05, 0.1) is 11.2 Å². The van der Waals surface area contributed by atoms with Crippen LogP contribution in [-0.2, 0) is 4.79 Å². The predicted octanol–water partition coefficient (Wildman–Crippen LogP) is 4.99. The number of aromatic nitrogens is 2. The first-order valence-corrected chi connectivity index (χ1v) is 11.9. The van der Waals surface area contributed by atoms with E-state index in [0.29, 0.717) is 5.00 Å². The molecule has 166 valence electrons. The molecular weight excluding hydrogens is 420 g/mol. The van der Waals surface area contributed by atoms with Gasteiger partial charge in [-0.05, 0) is 49.8 Å². The average molecular weight is 449 g/mol. The van der Waals surface area contributed by atoms with E-state index in [0.717, 1.165) is 42.4 Å². The number of nitrogens with one attached hydrogen (secondary N) is 1. The normalized spacial score (nSPS) is 15.2. The molecule has 6 nitrogen and oxygen atoms in total. The van der Waals surface area contributed by atoms with Crippen LogP contribution in [0.5, 0.6) is 0 Å². The Bertz CT molecular complexity index is 1040. The molecule has 0 unspecified atom stereocenters. The number of nitrogens with zero attached hydrogens (tertiary/aromatic N) is 3. The van der Waals surface area contributed by atoms with Gasteiger partial charge < -0.3 is 5.32 Å². The van der Waals surface area contributed by atoms with Gasteiger partial charge in [-0.2, -0.15) is 0 Å². The molecule has 0 bridgehead atoms. The fourth-order valence-electron chi connectivity index (χ4n) is 4.40. The second-order valence-corrected chi connectivity index (χ2v) is 9.31. The molecule has 32 heavy (non-hydrogen) atoms. The van der Waals surface area contributed by atoms with E-state index >= 15 is 0 Å². The number of hydrogen-bond acceptors (Lipinski definition) is 5. The predicted molar refractivity (Wildman–Crippen MR) is 127 cm³/mol. The van der Waals surface area contributed by atoms with Crippen molar-refractivity contribution in [2.45, 2.75) is 58.0 Å². The first-order valence-electron chi connectivity index (χ1n) is 11.0. The maximum Gasteiger partial charge on any atom is 0.280 e. The summed E-state index contributed by atoms with van der Waals surface area (Å²) in [6.45, 7) is 4.01. The van der Waals surface area contributed by atoms with Crippen molar-refractivity contribution in [1.82, 2.24) is 15.3 Å². The minimum absolute atomic E-state index is 0.140. The molecule has 1 atom stereocenters. The summed E-state index contributed by atoms with van der Waals surface area (Å²) in [6.07, 6.45) is 9.86. The molecule has 2 heterocycles. The van der Waals surface area contributed by atoms with Gasteiger partial charge in [0, 0.05) is 18.4 Å². The molecule has 1 aliphatic carbocycles. The lowest BCUT2D eigenvalue weighted by Gasteiger charge is -2.32. The number of benzene rings is 1. The standard InChI is InChI=1S/C25H28N4O2S/c1-17-13-18(2)15-19(14-17)23(24(30)28-20-7-4-3-5-8-20)29(22-9-6-12-32-22)25(31)21-16-26-10-11-27-21/h6,9-16,20,23H,3-5,7-8H2,1-2H3,(H,28,30)/t23-/m0/s1. The Balaban J connectivity index is 1.79. The van der Waals surface area contributed by atoms with Crippen LogP contribution >= 0.6 is 11.3 Å². The quantitative estimate of drug-likeness (QED) is 0.576. The minimum Gasteiger partial charge on any atom is -0.351 e. The molecule has 3 aromatic rings. The van der Waals surface area contributed by atoms with Crippen molar-refractivity contribution in [3.8, 4) is 0 Å². The van der Waals surface area contributed by atoms with Crippen molar-refractivity contribution in [2.75, 3.05) is 4.90 Å². The van der Waals surface area contributed by atoms with Gasteiger partial charge in [-0.3, -0.25) is 19.5 Å². The van der Waals surface area contributed by atoms with Crippen LogP contribution in [-0.4, -0.2) is 27.8 Å². The molecule has 2 aromatic heterocycles. The Morgan fingerprint density at radius 2 is 1.84 bits per heavy atom. The van der Waals surface area contributed by atoms with Crippen molar-refractivity contribution >= 4 is 28.2 Å². The van der Waals surface area contributed by atoms with E-state index in [1.165, 1.54) is 36.3 Å². The minimum atomic E-state index is -0.802. The summed E-state index contributed by atoms with van der Waals surface area (Å²) in [5.41, 5.74) is 3.10. The van der Waals surface area contributed by atoms with E-state index in [9.17, 15) is 9.59 Å². The number of anilines is 1. The van der Waals surface area contributed by atoms with Crippen LogP contribution < -0.4 is 10.2 Å². The third-order valence-corrected chi connectivity index (χ3v) is 6.63. The first-order chi connectivity index (χ1) is 15.5. The lowest BCUT2D eigenvalue weighted by molar-refractivity contribution is -0.123. The zero-order valence-corrected chi connectivity index (χ0v) is 19.3. The van der Waals surface area contributed by atoms with Gasteiger partial charge in [0.2, 0.25) is 5.91 Å². The van der Waals surface area contributed by atoms with Gasteiger partial charge >= 0.3 is 0 Å². The molecule has 1 aliphatic rings. The van der Waals surface area contributed by atoms with E-state index < -0.39 is 6.04 Å².